The maximum Gasteiger partial charge on any atom is 0.335 e. The minimum atomic E-state index is -1.17. The smallest absolute Gasteiger partial charge is 0.335 e. The summed E-state index contributed by atoms with van der Waals surface area (Å²) >= 11 is 2.85. The molecule has 2 aromatic rings. The molecule has 108 valence electrons. The molecule has 21 heavy (non-hydrogen) atoms. The van der Waals surface area contributed by atoms with Gasteiger partial charge in [0, 0.05) is 12.1 Å². The van der Waals surface area contributed by atoms with Crippen LogP contribution >= 0.6 is 15.9 Å². The first kappa shape index (κ1) is 14.9. The van der Waals surface area contributed by atoms with Crippen LogP contribution in [0.2, 0.25) is 0 Å². The number of hydrogen-bond donors (Lipinski definition) is 1. The molecule has 8 heteroatoms. The molecular weight excluding hydrogens is 349 g/mol. The molecule has 0 fully saturated rings. The number of nitrogens with zero attached hydrogens (tertiary/aromatic N) is 1. The fourth-order valence-electron chi connectivity index (χ4n) is 1.56. The van der Waals surface area contributed by atoms with Gasteiger partial charge in [-0.25, -0.2) is 9.18 Å². The molecule has 1 N–H and O–H groups in total. The van der Waals surface area contributed by atoms with Crippen LogP contribution in [-0.4, -0.2) is 16.0 Å². The Hall–Kier alpha value is -2.48. The fraction of sp³-hybridized carbons (Fsp3) is 0. The number of aromatic carboxylic acids is 1. The maximum atomic E-state index is 13.5. The number of rotatable bonds is 4. The molecule has 0 spiro atoms. The zero-order valence-corrected chi connectivity index (χ0v) is 11.8. The molecule has 0 amide bonds. The lowest BCUT2D eigenvalue weighted by molar-refractivity contribution is -0.385. The van der Waals surface area contributed by atoms with E-state index < -0.39 is 22.4 Å². The Bertz CT molecular complexity index is 734. The van der Waals surface area contributed by atoms with Gasteiger partial charge in [0.2, 0.25) is 5.75 Å². The summed E-state index contributed by atoms with van der Waals surface area (Å²) in [5, 5.41) is 19.8. The summed E-state index contributed by atoms with van der Waals surface area (Å²) < 4.78 is 18.7. The van der Waals surface area contributed by atoms with Crippen molar-refractivity contribution in [1.82, 2.24) is 0 Å². The standard InChI is InChI=1S/C13H7BrFNO5/c14-9-5-11(16(19)20)12(6-10(9)15)21-8-3-1-2-7(4-8)13(17)18/h1-6H,(H,17,18). The predicted molar refractivity (Wildman–Crippen MR) is 74.2 cm³/mol. The molecule has 6 nitrogen and oxygen atoms in total. The molecule has 0 aromatic heterocycles. The van der Waals surface area contributed by atoms with Crippen molar-refractivity contribution < 1.29 is 24.0 Å². The number of nitro groups is 1. The van der Waals surface area contributed by atoms with Gasteiger partial charge in [-0.2, -0.15) is 0 Å². The number of benzene rings is 2. The molecule has 0 saturated carbocycles. The van der Waals surface area contributed by atoms with Gasteiger partial charge >= 0.3 is 11.7 Å². The summed E-state index contributed by atoms with van der Waals surface area (Å²) in [6, 6.07) is 7.19. The van der Waals surface area contributed by atoms with Crippen LogP contribution in [0.1, 0.15) is 10.4 Å². The van der Waals surface area contributed by atoms with Gasteiger partial charge in [-0.3, -0.25) is 10.1 Å². The Kier molecular flexibility index (Phi) is 4.18. The molecule has 0 aliphatic carbocycles. The third-order valence-electron chi connectivity index (χ3n) is 2.51. The van der Waals surface area contributed by atoms with Crippen molar-refractivity contribution in [3.05, 3.63) is 62.4 Å². The van der Waals surface area contributed by atoms with Crippen LogP contribution in [0, 0.1) is 15.9 Å². The third-order valence-corrected chi connectivity index (χ3v) is 3.12. The van der Waals surface area contributed by atoms with E-state index in [1.807, 2.05) is 0 Å². The normalized spacial score (nSPS) is 10.2. The zero-order valence-electron chi connectivity index (χ0n) is 10.2. The van der Waals surface area contributed by atoms with Gasteiger partial charge < -0.3 is 9.84 Å². The van der Waals surface area contributed by atoms with Crippen molar-refractivity contribution >= 4 is 27.6 Å². The Morgan fingerprint density at radius 2 is 2.05 bits per heavy atom. The summed E-state index contributed by atoms with van der Waals surface area (Å²) in [6.45, 7) is 0. The molecular formula is C13H7BrFNO5. The van der Waals surface area contributed by atoms with E-state index in [0.717, 1.165) is 12.1 Å². The van der Waals surface area contributed by atoms with Crippen molar-refractivity contribution in [2.75, 3.05) is 0 Å². The summed E-state index contributed by atoms with van der Waals surface area (Å²) in [5.41, 5.74) is -0.489. The highest BCUT2D eigenvalue weighted by atomic mass is 79.9. The van der Waals surface area contributed by atoms with Crippen LogP contribution in [-0.2, 0) is 0 Å². The Morgan fingerprint density at radius 3 is 2.67 bits per heavy atom. The van der Waals surface area contributed by atoms with Crippen LogP contribution in [0.15, 0.2) is 40.9 Å². The maximum absolute atomic E-state index is 13.5. The number of carbonyl (C=O) groups is 1. The van der Waals surface area contributed by atoms with E-state index >= 15 is 0 Å². The molecule has 0 unspecified atom stereocenters. The number of carboxylic acid groups (broad SMARTS) is 1. The number of carboxylic acids is 1. The van der Waals surface area contributed by atoms with Crippen LogP contribution in [0.5, 0.6) is 11.5 Å². The summed E-state index contributed by atoms with van der Waals surface area (Å²) in [5.74, 6) is -2.16. The highest BCUT2D eigenvalue weighted by molar-refractivity contribution is 9.10. The average Bonchev–Trinajstić information content (AvgIpc) is 2.42. The lowest BCUT2D eigenvalue weighted by atomic mass is 10.2. The van der Waals surface area contributed by atoms with E-state index in [-0.39, 0.29) is 21.5 Å². The number of ether oxygens (including phenoxy) is 1. The number of hydrogen-bond acceptors (Lipinski definition) is 4. The monoisotopic (exact) mass is 355 g/mol. The van der Waals surface area contributed by atoms with E-state index in [2.05, 4.69) is 15.9 Å². The summed E-state index contributed by atoms with van der Waals surface area (Å²) in [7, 11) is 0. The number of halogens is 2. The molecule has 0 saturated heterocycles. The lowest BCUT2D eigenvalue weighted by Crippen LogP contribution is -1.98. The van der Waals surface area contributed by atoms with Gasteiger partial charge in [-0.05, 0) is 34.1 Å². The van der Waals surface area contributed by atoms with E-state index in [1.165, 1.54) is 24.3 Å². The molecule has 0 radical (unpaired) electrons. The van der Waals surface area contributed by atoms with Gasteiger partial charge in [0.25, 0.3) is 0 Å². The van der Waals surface area contributed by atoms with Gasteiger partial charge in [0.05, 0.1) is 15.0 Å². The minimum absolute atomic E-state index is 0.0484. The first-order valence-electron chi connectivity index (χ1n) is 5.53. The molecule has 0 heterocycles. The molecule has 0 aliphatic rings. The predicted octanol–water partition coefficient (Wildman–Crippen LogP) is 3.99. The van der Waals surface area contributed by atoms with E-state index in [9.17, 15) is 19.3 Å². The van der Waals surface area contributed by atoms with Crippen LogP contribution in [0.25, 0.3) is 0 Å². The quantitative estimate of drug-likeness (QED) is 0.661. The molecule has 0 atom stereocenters. The van der Waals surface area contributed by atoms with Gasteiger partial charge in [0.15, 0.2) is 0 Å². The summed E-state index contributed by atoms with van der Waals surface area (Å²) in [6.07, 6.45) is 0. The second-order valence-corrected chi connectivity index (χ2v) is 4.78. The average molecular weight is 356 g/mol. The van der Waals surface area contributed by atoms with Gasteiger partial charge in [0.1, 0.15) is 11.6 Å². The van der Waals surface area contributed by atoms with Crippen LogP contribution in [0.3, 0.4) is 0 Å². The van der Waals surface area contributed by atoms with Crippen LogP contribution in [0.4, 0.5) is 10.1 Å². The lowest BCUT2D eigenvalue weighted by Gasteiger charge is -2.08. The SMILES string of the molecule is O=C(O)c1cccc(Oc2cc(F)c(Br)cc2[N+](=O)[O-])c1. The van der Waals surface area contributed by atoms with Crippen molar-refractivity contribution in [2.45, 2.75) is 0 Å². The van der Waals surface area contributed by atoms with Crippen molar-refractivity contribution in [2.24, 2.45) is 0 Å². The Labute approximate surface area is 126 Å². The number of nitro benzene ring substituents is 1. The van der Waals surface area contributed by atoms with Crippen molar-refractivity contribution in [3.63, 3.8) is 0 Å². The van der Waals surface area contributed by atoms with Gasteiger partial charge in [-0.15, -0.1) is 0 Å². The minimum Gasteiger partial charge on any atom is -0.478 e. The zero-order chi connectivity index (χ0) is 15.6. The fourth-order valence-corrected chi connectivity index (χ4v) is 1.89. The second kappa shape index (κ2) is 5.88. The largest absolute Gasteiger partial charge is 0.478 e. The third kappa shape index (κ3) is 3.34. The Balaban J connectivity index is 2.43. The molecule has 0 aliphatic heterocycles. The van der Waals surface area contributed by atoms with E-state index in [4.69, 9.17) is 9.84 Å². The molecule has 2 rings (SSSR count). The van der Waals surface area contributed by atoms with E-state index in [1.54, 1.807) is 0 Å². The summed E-state index contributed by atoms with van der Waals surface area (Å²) in [4.78, 5) is 21.1. The first-order valence-corrected chi connectivity index (χ1v) is 6.32. The van der Waals surface area contributed by atoms with Crippen molar-refractivity contribution in [3.8, 4) is 11.5 Å². The van der Waals surface area contributed by atoms with E-state index in [0.29, 0.717) is 0 Å². The molecule has 0 bridgehead atoms. The highest BCUT2D eigenvalue weighted by Crippen LogP contribution is 2.35. The highest BCUT2D eigenvalue weighted by Gasteiger charge is 2.20. The Morgan fingerprint density at radius 1 is 1.33 bits per heavy atom. The second-order valence-electron chi connectivity index (χ2n) is 3.93. The topological polar surface area (TPSA) is 89.7 Å². The van der Waals surface area contributed by atoms with Gasteiger partial charge in [-0.1, -0.05) is 6.07 Å². The molecule has 2 aromatic carbocycles. The van der Waals surface area contributed by atoms with Crippen molar-refractivity contribution in [1.29, 1.82) is 0 Å². The van der Waals surface area contributed by atoms with Crippen LogP contribution < -0.4 is 4.74 Å². The first-order chi connectivity index (χ1) is 9.88.